The van der Waals surface area contributed by atoms with Gasteiger partial charge in [-0.2, -0.15) is 5.11 Å². The fourth-order valence-corrected chi connectivity index (χ4v) is 1.47. The maximum Gasteiger partial charge on any atom is 0.118 e. The van der Waals surface area contributed by atoms with Crippen molar-refractivity contribution in [3.63, 3.8) is 0 Å². The molecule has 0 N–H and O–H groups in total. The molecule has 0 aromatic carbocycles. The van der Waals surface area contributed by atoms with Crippen molar-refractivity contribution < 1.29 is 0 Å². The molecule has 4 heteroatoms. The lowest BCUT2D eigenvalue weighted by Crippen LogP contribution is -2.30. The van der Waals surface area contributed by atoms with Gasteiger partial charge in [0.05, 0.1) is 6.04 Å². The van der Waals surface area contributed by atoms with E-state index in [4.69, 9.17) is 11.6 Å². The number of hydrogen-bond donors (Lipinski definition) is 0. The Morgan fingerprint density at radius 3 is 3.27 bits per heavy atom. The van der Waals surface area contributed by atoms with Gasteiger partial charge in [0.15, 0.2) is 0 Å². The third-order valence-corrected chi connectivity index (χ3v) is 2.14. The van der Waals surface area contributed by atoms with Gasteiger partial charge in [-0.25, -0.2) is 0 Å². The van der Waals surface area contributed by atoms with E-state index in [1.54, 1.807) is 0 Å². The molecule has 3 nitrogen and oxygen atoms in total. The number of allylic oxidation sites excluding steroid dienone is 2. The normalized spacial score (nSPS) is 34.0. The van der Waals surface area contributed by atoms with Crippen molar-refractivity contribution in [2.45, 2.75) is 12.1 Å². The van der Waals surface area contributed by atoms with E-state index in [0.717, 1.165) is 5.03 Å². The Morgan fingerprint density at radius 1 is 1.64 bits per heavy atom. The third-order valence-electron chi connectivity index (χ3n) is 1.89. The number of halogens is 1. The van der Waals surface area contributed by atoms with Gasteiger partial charge < -0.3 is 0 Å². The molecule has 2 atom stereocenters. The van der Waals surface area contributed by atoms with Gasteiger partial charge >= 0.3 is 0 Å². The Bertz CT molecular complexity index is 256. The number of rotatable bonds is 0. The van der Waals surface area contributed by atoms with Crippen LogP contribution in [0.1, 0.15) is 0 Å². The van der Waals surface area contributed by atoms with E-state index in [1.807, 2.05) is 30.3 Å². The molecule has 0 spiro atoms. The quantitative estimate of drug-likeness (QED) is 0.543. The molecule has 2 rings (SSSR count). The molecule has 1 aliphatic heterocycles. The smallest absolute Gasteiger partial charge is 0.118 e. The van der Waals surface area contributed by atoms with E-state index in [0.29, 0.717) is 0 Å². The molecular weight excluding hydrogens is 162 g/mol. The first-order chi connectivity index (χ1) is 5.27. The molecule has 2 aliphatic rings. The van der Waals surface area contributed by atoms with E-state index in [9.17, 15) is 0 Å². The molecule has 0 fully saturated rings. The lowest BCUT2D eigenvalue weighted by molar-refractivity contribution is 0.323. The zero-order chi connectivity index (χ0) is 7.84. The van der Waals surface area contributed by atoms with Crippen molar-refractivity contribution in [3.8, 4) is 0 Å². The van der Waals surface area contributed by atoms with Crippen LogP contribution in [0.25, 0.3) is 0 Å². The summed E-state index contributed by atoms with van der Waals surface area (Å²) in [5.74, 6) is 0. The Morgan fingerprint density at radius 2 is 2.45 bits per heavy atom. The highest BCUT2D eigenvalue weighted by atomic mass is 35.5. The van der Waals surface area contributed by atoms with Crippen LogP contribution < -0.4 is 0 Å². The number of hydrogen-bond acceptors (Lipinski definition) is 3. The fraction of sp³-hybridized carbons (Fsp3) is 0.429. The maximum atomic E-state index is 5.79. The Labute approximate surface area is 70.0 Å². The summed E-state index contributed by atoms with van der Waals surface area (Å²) in [6.45, 7) is 0. The first-order valence-electron chi connectivity index (χ1n) is 3.46. The summed E-state index contributed by atoms with van der Waals surface area (Å²) >= 11 is 5.79. The molecule has 0 saturated heterocycles. The molecule has 0 bridgehead atoms. The van der Waals surface area contributed by atoms with Crippen LogP contribution in [-0.2, 0) is 0 Å². The highest BCUT2D eigenvalue weighted by Gasteiger charge is 2.28. The van der Waals surface area contributed by atoms with Crippen LogP contribution in [0.5, 0.6) is 0 Å². The SMILES string of the molecule is CN1N=NC2C=C(Cl)C=CC21. The monoisotopic (exact) mass is 169 g/mol. The van der Waals surface area contributed by atoms with Gasteiger partial charge in [-0.05, 0) is 12.2 Å². The lowest BCUT2D eigenvalue weighted by atomic mass is 10.0. The second-order valence-corrected chi connectivity index (χ2v) is 3.11. The number of likely N-dealkylation sites (N-methyl/N-ethyl adjacent to an activating group) is 1. The van der Waals surface area contributed by atoms with Crippen LogP contribution in [0.3, 0.4) is 0 Å². The Hall–Kier alpha value is -0.830. The van der Waals surface area contributed by atoms with Crippen molar-refractivity contribution in [1.29, 1.82) is 0 Å². The molecule has 58 valence electrons. The van der Waals surface area contributed by atoms with Crippen molar-refractivity contribution in [1.82, 2.24) is 5.01 Å². The van der Waals surface area contributed by atoms with E-state index in [1.165, 1.54) is 0 Å². The highest BCUT2D eigenvalue weighted by Crippen LogP contribution is 2.24. The Balaban J connectivity index is 2.26. The maximum absolute atomic E-state index is 5.79. The minimum atomic E-state index is 0.123. The van der Waals surface area contributed by atoms with Crippen molar-refractivity contribution in [2.75, 3.05) is 7.05 Å². The molecule has 1 heterocycles. The molecule has 2 unspecified atom stereocenters. The molecule has 0 radical (unpaired) electrons. The van der Waals surface area contributed by atoms with Gasteiger partial charge in [0.2, 0.25) is 0 Å². The topological polar surface area (TPSA) is 28.0 Å². The minimum Gasteiger partial charge on any atom is -0.272 e. The van der Waals surface area contributed by atoms with Crippen molar-refractivity contribution >= 4 is 11.6 Å². The summed E-state index contributed by atoms with van der Waals surface area (Å²) in [5, 5.41) is 10.5. The minimum absolute atomic E-state index is 0.123. The molecule has 1 aliphatic carbocycles. The molecule has 0 aromatic heterocycles. The first-order valence-corrected chi connectivity index (χ1v) is 3.84. The second kappa shape index (κ2) is 2.34. The molecular formula is C7H8ClN3. The van der Waals surface area contributed by atoms with Crippen molar-refractivity contribution in [2.24, 2.45) is 10.3 Å². The number of fused-ring (bicyclic) bond motifs is 1. The van der Waals surface area contributed by atoms with Crippen LogP contribution in [0.15, 0.2) is 33.6 Å². The summed E-state index contributed by atoms with van der Waals surface area (Å²) < 4.78 is 0. The molecule has 0 saturated carbocycles. The van der Waals surface area contributed by atoms with Gasteiger partial charge in [0.25, 0.3) is 0 Å². The molecule has 0 aromatic rings. The standard InChI is InChI=1S/C7H8ClN3/c1-11-7-3-2-5(8)4-6(7)9-10-11/h2-4,6-7H,1H3. The average Bonchev–Trinajstić information content (AvgIpc) is 2.32. The fourth-order valence-electron chi connectivity index (χ4n) is 1.27. The van der Waals surface area contributed by atoms with E-state index < -0.39 is 0 Å². The summed E-state index contributed by atoms with van der Waals surface area (Å²) in [5.41, 5.74) is 0. The van der Waals surface area contributed by atoms with Gasteiger partial charge in [-0.3, -0.25) is 5.01 Å². The average molecular weight is 170 g/mol. The van der Waals surface area contributed by atoms with Gasteiger partial charge in [0.1, 0.15) is 6.04 Å². The number of nitrogens with zero attached hydrogens (tertiary/aromatic N) is 3. The van der Waals surface area contributed by atoms with Crippen LogP contribution >= 0.6 is 11.6 Å². The summed E-state index contributed by atoms with van der Waals surface area (Å²) in [7, 11) is 1.91. The summed E-state index contributed by atoms with van der Waals surface area (Å²) in [4.78, 5) is 0. The zero-order valence-corrected chi connectivity index (χ0v) is 6.86. The second-order valence-electron chi connectivity index (χ2n) is 2.67. The molecule has 11 heavy (non-hydrogen) atoms. The van der Waals surface area contributed by atoms with Crippen LogP contribution in [0, 0.1) is 0 Å². The van der Waals surface area contributed by atoms with E-state index in [2.05, 4.69) is 10.3 Å². The van der Waals surface area contributed by atoms with Gasteiger partial charge in [-0.15, -0.1) is 0 Å². The predicted octanol–water partition coefficient (Wildman–Crippen LogP) is 1.73. The van der Waals surface area contributed by atoms with Crippen LogP contribution in [0.2, 0.25) is 0 Å². The highest BCUT2D eigenvalue weighted by molar-refractivity contribution is 6.31. The van der Waals surface area contributed by atoms with Crippen molar-refractivity contribution in [3.05, 3.63) is 23.3 Å². The summed E-state index contributed by atoms with van der Waals surface area (Å²) in [6.07, 6.45) is 5.82. The van der Waals surface area contributed by atoms with Gasteiger partial charge in [-0.1, -0.05) is 22.9 Å². The third kappa shape index (κ3) is 1.05. The summed E-state index contributed by atoms with van der Waals surface area (Å²) in [6, 6.07) is 0.398. The largest absolute Gasteiger partial charge is 0.272 e. The van der Waals surface area contributed by atoms with Crippen LogP contribution in [0.4, 0.5) is 0 Å². The van der Waals surface area contributed by atoms with Crippen LogP contribution in [-0.4, -0.2) is 24.1 Å². The lowest BCUT2D eigenvalue weighted by Gasteiger charge is -2.19. The van der Waals surface area contributed by atoms with Gasteiger partial charge in [0, 0.05) is 12.1 Å². The zero-order valence-electron chi connectivity index (χ0n) is 6.11. The van der Waals surface area contributed by atoms with E-state index in [-0.39, 0.29) is 12.1 Å². The predicted molar refractivity (Wildman–Crippen MR) is 43.3 cm³/mol. The Kier molecular flexibility index (Phi) is 1.46. The van der Waals surface area contributed by atoms with E-state index >= 15 is 0 Å². The first kappa shape index (κ1) is 6.85. The molecule has 0 amide bonds.